The number of aromatic amines is 1. The van der Waals surface area contributed by atoms with Crippen LogP contribution in [0.4, 0.5) is 5.13 Å². The number of H-pyrrole nitrogens is 1. The van der Waals surface area contributed by atoms with Gasteiger partial charge in [0.1, 0.15) is 5.01 Å². The van der Waals surface area contributed by atoms with Crippen LogP contribution >= 0.6 is 11.3 Å². The Morgan fingerprint density at radius 3 is 2.91 bits per heavy atom. The first-order valence-corrected chi connectivity index (χ1v) is 8.61. The Bertz CT molecular complexity index is 791. The maximum atomic E-state index is 6.10. The third kappa shape index (κ3) is 3.68. The van der Waals surface area contributed by atoms with Crippen LogP contribution in [0.15, 0.2) is 18.3 Å². The predicted octanol–water partition coefficient (Wildman–Crippen LogP) is 3.18. The van der Waals surface area contributed by atoms with E-state index in [1.165, 1.54) is 0 Å². The van der Waals surface area contributed by atoms with Crippen molar-refractivity contribution in [2.45, 2.75) is 33.2 Å². The Labute approximate surface area is 139 Å². The van der Waals surface area contributed by atoms with E-state index in [0.29, 0.717) is 12.5 Å². The summed E-state index contributed by atoms with van der Waals surface area (Å²) in [6, 6.07) is 4.32. The molecule has 0 spiro atoms. The smallest absolute Gasteiger partial charge is 0.206 e. The molecule has 6 nitrogen and oxygen atoms in total. The van der Waals surface area contributed by atoms with Crippen LogP contribution in [-0.4, -0.2) is 33.0 Å². The van der Waals surface area contributed by atoms with E-state index in [1.807, 2.05) is 6.20 Å². The van der Waals surface area contributed by atoms with Crippen LogP contribution < -0.4 is 11.1 Å². The second-order valence-corrected chi connectivity index (χ2v) is 7.28. The van der Waals surface area contributed by atoms with Crippen molar-refractivity contribution >= 4 is 27.4 Å². The zero-order valence-electron chi connectivity index (χ0n) is 13.6. The number of nitrogens with two attached hydrogens (primary N) is 1. The van der Waals surface area contributed by atoms with E-state index in [2.05, 4.69) is 58.6 Å². The monoisotopic (exact) mass is 330 g/mol. The van der Waals surface area contributed by atoms with Crippen LogP contribution in [0.3, 0.4) is 0 Å². The van der Waals surface area contributed by atoms with Crippen molar-refractivity contribution in [1.29, 1.82) is 0 Å². The normalized spacial score (nSPS) is 12.9. The molecule has 3 aromatic rings. The number of nitrogens with zero attached hydrogens (tertiary/aromatic N) is 3. The minimum atomic E-state index is 0.131. The molecule has 0 bridgehead atoms. The SMILES string of the molecule is Cc1cc2[nH]ncc2cc1-c1nnc(NC[C@@H](N)CC(C)C)s1. The largest absolute Gasteiger partial charge is 0.359 e. The molecule has 1 atom stereocenters. The van der Waals surface area contributed by atoms with Gasteiger partial charge in [-0.1, -0.05) is 25.2 Å². The van der Waals surface area contributed by atoms with Gasteiger partial charge in [-0.2, -0.15) is 5.10 Å². The number of nitrogens with one attached hydrogen (secondary N) is 2. The van der Waals surface area contributed by atoms with Crippen molar-refractivity contribution in [2.75, 3.05) is 11.9 Å². The zero-order chi connectivity index (χ0) is 16.4. The Morgan fingerprint density at radius 1 is 1.30 bits per heavy atom. The first kappa shape index (κ1) is 15.9. The lowest BCUT2D eigenvalue weighted by Crippen LogP contribution is -2.30. The number of anilines is 1. The van der Waals surface area contributed by atoms with Gasteiger partial charge in [0.15, 0.2) is 0 Å². The number of benzene rings is 1. The standard InChI is InChI=1S/C16H22N6S/c1-9(2)4-12(17)8-18-16-22-21-15(23-16)13-6-11-7-19-20-14(11)5-10(13)3/h5-7,9,12H,4,8,17H2,1-3H3,(H,18,22)(H,19,20)/t12-/m0/s1. The summed E-state index contributed by atoms with van der Waals surface area (Å²) in [6.45, 7) is 7.14. The summed E-state index contributed by atoms with van der Waals surface area (Å²) in [4.78, 5) is 0. The van der Waals surface area contributed by atoms with E-state index < -0.39 is 0 Å². The number of rotatable bonds is 6. The van der Waals surface area contributed by atoms with Crippen molar-refractivity contribution < 1.29 is 0 Å². The van der Waals surface area contributed by atoms with Crippen molar-refractivity contribution in [3.63, 3.8) is 0 Å². The van der Waals surface area contributed by atoms with Gasteiger partial charge in [-0.05, 0) is 37.0 Å². The molecule has 0 saturated heterocycles. The molecular weight excluding hydrogens is 308 g/mol. The maximum Gasteiger partial charge on any atom is 0.206 e. The van der Waals surface area contributed by atoms with Crippen molar-refractivity contribution in [3.8, 4) is 10.6 Å². The maximum absolute atomic E-state index is 6.10. The fourth-order valence-electron chi connectivity index (χ4n) is 2.64. The summed E-state index contributed by atoms with van der Waals surface area (Å²) in [5.41, 5.74) is 9.38. The molecule has 0 saturated carbocycles. The lowest BCUT2D eigenvalue weighted by molar-refractivity contribution is 0.508. The molecule has 0 fully saturated rings. The number of fused-ring (bicyclic) bond motifs is 1. The van der Waals surface area contributed by atoms with Gasteiger partial charge in [-0.3, -0.25) is 5.10 Å². The van der Waals surface area contributed by atoms with Crippen molar-refractivity contribution in [3.05, 3.63) is 23.9 Å². The van der Waals surface area contributed by atoms with Gasteiger partial charge in [0.05, 0.1) is 11.7 Å². The number of aromatic nitrogens is 4. The number of hydrogen-bond donors (Lipinski definition) is 3. The zero-order valence-corrected chi connectivity index (χ0v) is 14.4. The van der Waals surface area contributed by atoms with Gasteiger partial charge >= 0.3 is 0 Å². The fourth-order valence-corrected chi connectivity index (χ4v) is 3.47. The lowest BCUT2D eigenvalue weighted by atomic mass is 10.1. The topological polar surface area (TPSA) is 92.5 Å². The summed E-state index contributed by atoms with van der Waals surface area (Å²) in [7, 11) is 0. The van der Waals surface area contributed by atoms with Crippen LogP contribution in [0, 0.1) is 12.8 Å². The van der Waals surface area contributed by atoms with Crippen LogP contribution in [-0.2, 0) is 0 Å². The molecule has 2 heterocycles. The van der Waals surface area contributed by atoms with Gasteiger partial charge in [-0.25, -0.2) is 0 Å². The van der Waals surface area contributed by atoms with Gasteiger partial charge in [-0.15, -0.1) is 10.2 Å². The molecule has 0 radical (unpaired) electrons. The molecule has 3 rings (SSSR count). The number of hydrogen-bond acceptors (Lipinski definition) is 6. The molecule has 2 aromatic heterocycles. The Kier molecular flexibility index (Phi) is 4.58. The average molecular weight is 330 g/mol. The molecule has 122 valence electrons. The Morgan fingerprint density at radius 2 is 2.13 bits per heavy atom. The molecule has 1 aromatic carbocycles. The highest BCUT2D eigenvalue weighted by atomic mass is 32.1. The van der Waals surface area contributed by atoms with E-state index in [-0.39, 0.29) is 6.04 Å². The van der Waals surface area contributed by atoms with Crippen LogP contribution in [0.25, 0.3) is 21.5 Å². The second kappa shape index (κ2) is 6.64. The summed E-state index contributed by atoms with van der Waals surface area (Å²) in [6.07, 6.45) is 2.82. The lowest BCUT2D eigenvalue weighted by Gasteiger charge is -2.13. The van der Waals surface area contributed by atoms with Crippen LogP contribution in [0.5, 0.6) is 0 Å². The van der Waals surface area contributed by atoms with Gasteiger partial charge in [0.2, 0.25) is 5.13 Å². The third-order valence-corrected chi connectivity index (χ3v) is 4.64. The molecule has 0 unspecified atom stereocenters. The van der Waals surface area contributed by atoms with Crippen molar-refractivity contribution in [2.24, 2.45) is 11.7 Å². The second-order valence-electron chi connectivity index (χ2n) is 6.31. The van der Waals surface area contributed by atoms with Gasteiger partial charge in [0.25, 0.3) is 0 Å². The molecule has 0 amide bonds. The highest BCUT2D eigenvalue weighted by Gasteiger charge is 2.12. The molecule has 0 aliphatic carbocycles. The van der Waals surface area contributed by atoms with Crippen molar-refractivity contribution in [1.82, 2.24) is 20.4 Å². The number of aryl methyl sites for hydroxylation is 1. The van der Waals surface area contributed by atoms with E-state index >= 15 is 0 Å². The van der Waals surface area contributed by atoms with Gasteiger partial charge in [0, 0.05) is 23.5 Å². The molecule has 7 heteroatoms. The Balaban J connectivity index is 1.74. The summed E-state index contributed by atoms with van der Waals surface area (Å²) >= 11 is 1.55. The van der Waals surface area contributed by atoms with Crippen LogP contribution in [0.1, 0.15) is 25.8 Å². The minimum absolute atomic E-state index is 0.131. The predicted molar refractivity (Wildman–Crippen MR) is 95.7 cm³/mol. The minimum Gasteiger partial charge on any atom is -0.359 e. The van der Waals surface area contributed by atoms with E-state index in [1.54, 1.807) is 11.3 Å². The highest BCUT2D eigenvalue weighted by molar-refractivity contribution is 7.18. The molecule has 23 heavy (non-hydrogen) atoms. The first-order valence-electron chi connectivity index (χ1n) is 7.80. The Hall–Kier alpha value is -1.99. The van der Waals surface area contributed by atoms with E-state index in [9.17, 15) is 0 Å². The molecular formula is C16H22N6S. The average Bonchev–Trinajstić information content (AvgIpc) is 3.11. The third-order valence-electron chi connectivity index (χ3n) is 3.73. The van der Waals surface area contributed by atoms with E-state index in [0.717, 1.165) is 38.6 Å². The summed E-state index contributed by atoms with van der Waals surface area (Å²) in [5.74, 6) is 0.598. The summed E-state index contributed by atoms with van der Waals surface area (Å²) in [5, 5.41) is 21.7. The molecule has 0 aliphatic rings. The van der Waals surface area contributed by atoms with Gasteiger partial charge < -0.3 is 11.1 Å². The molecule has 0 aliphatic heterocycles. The quantitative estimate of drug-likeness (QED) is 0.645. The molecule has 4 N–H and O–H groups in total. The first-order chi connectivity index (χ1) is 11.0. The van der Waals surface area contributed by atoms with Crippen LogP contribution in [0.2, 0.25) is 0 Å². The fraction of sp³-hybridized carbons (Fsp3) is 0.438. The highest BCUT2D eigenvalue weighted by Crippen LogP contribution is 2.31. The van der Waals surface area contributed by atoms with E-state index in [4.69, 9.17) is 5.73 Å². The summed E-state index contributed by atoms with van der Waals surface area (Å²) < 4.78 is 0.